The number of nitrogens with one attached hydrogen (secondary N) is 1. The van der Waals surface area contributed by atoms with E-state index in [1.807, 2.05) is 24.7 Å². The van der Waals surface area contributed by atoms with Gasteiger partial charge in [-0.2, -0.15) is 5.10 Å². The van der Waals surface area contributed by atoms with Crippen LogP contribution < -0.4 is 5.32 Å². The monoisotopic (exact) mass is 260 g/mol. The first-order valence-corrected chi connectivity index (χ1v) is 6.91. The van der Waals surface area contributed by atoms with Gasteiger partial charge in [0.25, 0.3) is 0 Å². The van der Waals surface area contributed by atoms with Gasteiger partial charge in [-0.05, 0) is 38.8 Å². The van der Waals surface area contributed by atoms with Gasteiger partial charge in [0.05, 0.1) is 11.9 Å². The first kappa shape index (κ1) is 12.4. The molecule has 1 saturated carbocycles. The molecule has 1 aliphatic rings. The first-order valence-electron chi connectivity index (χ1n) is 6.91. The lowest BCUT2D eigenvalue weighted by atomic mass is 10.3. The average Bonchev–Trinajstić information content (AvgIpc) is 2.98. The Labute approximate surface area is 113 Å². The Morgan fingerprint density at radius 1 is 1.47 bits per heavy atom. The molecule has 0 bridgehead atoms. The third-order valence-electron chi connectivity index (χ3n) is 3.39. The lowest BCUT2D eigenvalue weighted by Crippen LogP contribution is -2.17. The molecule has 0 aliphatic heterocycles. The highest BCUT2D eigenvalue weighted by molar-refractivity contribution is 5.51. The summed E-state index contributed by atoms with van der Waals surface area (Å²) < 4.78 is 7.61. The average molecular weight is 260 g/mol. The largest absolute Gasteiger partial charge is 0.439 e. The number of hydrogen-bond acceptors (Lipinski definition) is 4. The number of aromatic nitrogens is 3. The summed E-state index contributed by atoms with van der Waals surface area (Å²) in [4.78, 5) is 4.34. The zero-order chi connectivity index (χ0) is 13.2. The van der Waals surface area contributed by atoms with E-state index in [1.54, 1.807) is 6.20 Å². The predicted octanol–water partition coefficient (Wildman–Crippen LogP) is 2.07. The normalized spacial score (nSPS) is 15.1. The van der Waals surface area contributed by atoms with Crippen LogP contribution in [0.3, 0.4) is 0 Å². The van der Waals surface area contributed by atoms with Crippen LogP contribution in [-0.2, 0) is 13.5 Å². The van der Waals surface area contributed by atoms with Crippen molar-refractivity contribution in [2.24, 2.45) is 7.05 Å². The smallest absolute Gasteiger partial charge is 0.195 e. The van der Waals surface area contributed by atoms with Gasteiger partial charge in [-0.25, -0.2) is 4.98 Å². The second-order valence-corrected chi connectivity index (χ2v) is 5.24. The number of rotatable bonds is 6. The molecule has 1 aliphatic carbocycles. The molecule has 1 N–H and O–H groups in total. The van der Waals surface area contributed by atoms with Crippen molar-refractivity contribution in [3.05, 3.63) is 23.8 Å². The Hall–Kier alpha value is -1.62. The maximum Gasteiger partial charge on any atom is 0.195 e. The molecule has 0 atom stereocenters. The maximum absolute atomic E-state index is 5.79. The van der Waals surface area contributed by atoms with Crippen molar-refractivity contribution in [3.63, 3.8) is 0 Å². The van der Waals surface area contributed by atoms with Crippen molar-refractivity contribution in [2.45, 2.75) is 38.6 Å². The lowest BCUT2D eigenvalue weighted by molar-refractivity contribution is 0.487. The summed E-state index contributed by atoms with van der Waals surface area (Å²) in [5.74, 6) is 1.61. The van der Waals surface area contributed by atoms with Crippen LogP contribution in [0.4, 0.5) is 0 Å². The molecule has 2 aromatic rings. The van der Waals surface area contributed by atoms with Crippen molar-refractivity contribution in [1.82, 2.24) is 20.1 Å². The van der Waals surface area contributed by atoms with Gasteiger partial charge in [0.1, 0.15) is 5.69 Å². The van der Waals surface area contributed by atoms with Crippen molar-refractivity contribution < 1.29 is 4.42 Å². The van der Waals surface area contributed by atoms with E-state index < -0.39 is 0 Å². The second-order valence-electron chi connectivity index (χ2n) is 5.24. The Balaban J connectivity index is 1.57. The van der Waals surface area contributed by atoms with Gasteiger partial charge >= 0.3 is 0 Å². The van der Waals surface area contributed by atoms with Crippen LogP contribution in [0.25, 0.3) is 11.5 Å². The first-order chi connectivity index (χ1) is 9.22. The summed E-state index contributed by atoms with van der Waals surface area (Å²) in [7, 11) is 1.92. The fraction of sp³-hybridized carbons (Fsp3) is 0.571. The molecule has 0 unspecified atom stereocenters. The molecule has 102 valence electrons. The van der Waals surface area contributed by atoms with Gasteiger partial charge in [-0.1, -0.05) is 0 Å². The van der Waals surface area contributed by atoms with Crippen LogP contribution in [0.5, 0.6) is 0 Å². The van der Waals surface area contributed by atoms with E-state index in [4.69, 9.17) is 4.42 Å². The summed E-state index contributed by atoms with van der Waals surface area (Å²) in [6.45, 7) is 3.03. The minimum absolute atomic E-state index is 0.775. The van der Waals surface area contributed by atoms with Crippen molar-refractivity contribution in [1.29, 1.82) is 0 Å². The van der Waals surface area contributed by atoms with Crippen LogP contribution in [0.15, 0.2) is 16.7 Å². The van der Waals surface area contributed by atoms with Gasteiger partial charge in [0.15, 0.2) is 11.7 Å². The van der Waals surface area contributed by atoms with Crippen LogP contribution in [0, 0.1) is 6.92 Å². The minimum atomic E-state index is 0.775. The van der Waals surface area contributed by atoms with Gasteiger partial charge in [0, 0.05) is 19.5 Å². The summed E-state index contributed by atoms with van der Waals surface area (Å²) >= 11 is 0. The van der Waals surface area contributed by atoms with Crippen LogP contribution in [-0.4, -0.2) is 27.4 Å². The van der Waals surface area contributed by atoms with Crippen molar-refractivity contribution in [3.8, 4) is 11.5 Å². The molecule has 0 aromatic carbocycles. The molecule has 0 radical (unpaired) electrons. The van der Waals surface area contributed by atoms with Gasteiger partial charge in [-0.3, -0.25) is 4.68 Å². The Morgan fingerprint density at radius 2 is 2.32 bits per heavy atom. The highest BCUT2D eigenvalue weighted by Crippen LogP contribution is 2.21. The molecule has 0 saturated heterocycles. The standard InChI is InChI=1S/C14H20N4O/c1-10-8-12(18(2)17-10)13-9-16-14(19-13)4-3-7-15-11-5-6-11/h8-9,11,15H,3-7H2,1-2H3. The third-order valence-corrected chi connectivity index (χ3v) is 3.39. The van der Waals surface area contributed by atoms with E-state index in [0.29, 0.717) is 0 Å². The van der Waals surface area contributed by atoms with Crippen LogP contribution in [0.1, 0.15) is 30.8 Å². The van der Waals surface area contributed by atoms with Gasteiger partial charge in [0.2, 0.25) is 0 Å². The summed E-state index contributed by atoms with van der Waals surface area (Å²) in [6, 6.07) is 2.79. The zero-order valence-electron chi connectivity index (χ0n) is 11.5. The highest BCUT2D eigenvalue weighted by atomic mass is 16.4. The maximum atomic E-state index is 5.79. The molecular formula is C14H20N4O. The van der Waals surface area contributed by atoms with E-state index in [0.717, 1.165) is 48.5 Å². The molecule has 19 heavy (non-hydrogen) atoms. The zero-order valence-corrected chi connectivity index (χ0v) is 11.5. The minimum Gasteiger partial charge on any atom is -0.439 e. The quantitative estimate of drug-likeness (QED) is 0.808. The molecular weight excluding hydrogens is 240 g/mol. The highest BCUT2D eigenvalue weighted by Gasteiger charge is 2.19. The third kappa shape index (κ3) is 3.04. The molecule has 1 fully saturated rings. The Bertz CT molecular complexity index is 554. The Morgan fingerprint density at radius 3 is 3.00 bits per heavy atom. The van der Waals surface area contributed by atoms with Crippen LogP contribution in [0.2, 0.25) is 0 Å². The molecule has 3 rings (SSSR count). The molecule has 2 aromatic heterocycles. The van der Waals surface area contributed by atoms with Crippen molar-refractivity contribution >= 4 is 0 Å². The summed E-state index contributed by atoms with van der Waals surface area (Å²) in [5, 5.41) is 7.81. The summed E-state index contributed by atoms with van der Waals surface area (Å²) in [5.41, 5.74) is 1.97. The number of aryl methyl sites for hydroxylation is 3. The van der Waals surface area contributed by atoms with E-state index in [1.165, 1.54) is 12.8 Å². The van der Waals surface area contributed by atoms with E-state index in [-0.39, 0.29) is 0 Å². The fourth-order valence-electron chi connectivity index (χ4n) is 2.22. The fourth-order valence-corrected chi connectivity index (χ4v) is 2.22. The van der Waals surface area contributed by atoms with Gasteiger partial charge in [-0.15, -0.1) is 0 Å². The van der Waals surface area contributed by atoms with E-state index in [9.17, 15) is 0 Å². The lowest BCUT2D eigenvalue weighted by Gasteiger charge is -2.00. The molecule has 2 heterocycles. The molecule has 5 nitrogen and oxygen atoms in total. The molecule has 5 heteroatoms. The summed E-state index contributed by atoms with van der Waals surface area (Å²) in [6.07, 6.45) is 6.42. The number of hydrogen-bond donors (Lipinski definition) is 1. The predicted molar refractivity (Wildman–Crippen MR) is 72.8 cm³/mol. The Kier molecular flexibility index (Phi) is 3.38. The molecule has 0 spiro atoms. The number of nitrogens with zero attached hydrogens (tertiary/aromatic N) is 3. The molecule has 0 amide bonds. The van der Waals surface area contributed by atoms with Crippen LogP contribution >= 0.6 is 0 Å². The van der Waals surface area contributed by atoms with E-state index in [2.05, 4.69) is 15.4 Å². The SMILES string of the molecule is Cc1cc(-c2cnc(CCCNC3CC3)o2)n(C)n1. The topological polar surface area (TPSA) is 55.9 Å². The van der Waals surface area contributed by atoms with Crippen molar-refractivity contribution in [2.75, 3.05) is 6.54 Å². The number of oxazole rings is 1. The van der Waals surface area contributed by atoms with Gasteiger partial charge < -0.3 is 9.73 Å². The second kappa shape index (κ2) is 5.17. The van der Waals surface area contributed by atoms with E-state index >= 15 is 0 Å².